The molecule has 0 aliphatic carbocycles. The van der Waals surface area contributed by atoms with Crippen LogP contribution in [-0.2, 0) is 6.54 Å². The highest BCUT2D eigenvalue weighted by Crippen LogP contribution is 2.24. The second kappa shape index (κ2) is 7.73. The van der Waals surface area contributed by atoms with E-state index in [1.54, 1.807) is 19.2 Å². The van der Waals surface area contributed by atoms with Crippen LogP contribution in [0.4, 0.5) is 4.39 Å². The molecular formula is C18H19FN2O2. The number of methoxy groups -OCH3 is 1. The quantitative estimate of drug-likeness (QED) is 0.891. The molecule has 0 bridgehead atoms. The maximum Gasteiger partial charge on any atom is 0.129 e. The Labute approximate surface area is 135 Å². The fourth-order valence-corrected chi connectivity index (χ4v) is 2.45. The average Bonchev–Trinajstić information content (AvgIpc) is 2.58. The molecule has 1 atom stereocenters. The van der Waals surface area contributed by atoms with Gasteiger partial charge in [0.15, 0.2) is 0 Å². The van der Waals surface area contributed by atoms with Gasteiger partial charge in [0.1, 0.15) is 11.6 Å². The molecule has 0 heterocycles. The minimum atomic E-state index is -0.415. The van der Waals surface area contributed by atoms with Crippen LogP contribution < -0.4 is 4.74 Å². The van der Waals surface area contributed by atoms with Crippen molar-refractivity contribution in [2.45, 2.75) is 12.6 Å². The number of hydrogen-bond donors (Lipinski definition) is 1. The summed E-state index contributed by atoms with van der Waals surface area (Å²) in [5.41, 5.74) is 1.70. The number of benzene rings is 2. The molecule has 0 amide bonds. The van der Waals surface area contributed by atoms with Gasteiger partial charge in [-0.25, -0.2) is 4.39 Å². The maximum absolute atomic E-state index is 14.0. The number of rotatable bonds is 6. The summed E-state index contributed by atoms with van der Waals surface area (Å²) in [5.74, 6) is 0.327. The number of hydrogen-bond acceptors (Lipinski definition) is 4. The lowest BCUT2D eigenvalue weighted by Crippen LogP contribution is -2.27. The molecule has 1 N–H and O–H groups in total. The van der Waals surface area contributed by atoms with Crippen molar-refractivity contribution >= 4 is 0 Å². The number of nitriles is 1. The highest BCUT2D eigenvalue weighted by atomic mass is 19.1. The van der Waals surface area contributed by atoms with Gasteiger partial charge in [0.2, 0.25) is 0 Å². The van der Waals surface area contributed by atoms with E-state index in [2.05, 4.69) is 0 Å². The summed E-state index contributed by atoms with van der Waals surface area (Å²) in [6.45, 7) is 0.246. The summed E-state index contributed by atoms with van der Waals surface area (Å²) in [7, 11) is 3.42. The van der Waals surface area contributed by atoms with Crippen LogP contribution in [0.2, 0.25) is 0 Å². The van der Waals surface area contributed by atoms with Crippen LogP contribution in [0.5, 0.6) is 5.75 Å². The summed E-state index contributed by atoms with van der Waals surface area (Å²) in [5, 5.41) is 18.5. The summed E-state index contributed by atoms with van der Waals surface area (Å²) in [6.07, 6.45) is 0. The highest BCUT2D eigenvalue weighted by Gasteiger charge is 2.18. The van der Waals surface area contributed by atoms with E-state index in [-0.39, 0.29) is 12.6 Å². The molecule has 0 unspecified atom stereocenters. The Morgan fingerprint density at radius 2 is 1.96 bits per heavy atom. The summed E-state index contributed by atoms with van der Waals surface area (Å²) in [4.78, 5) is 1.87. The fourth-order valence-electron chi connectivity index (χ4n) is 2.45. The standard InChI is InChI=1S/C18H19FN2O2/c1-21(11-15-4-3-13(10-20)9-17(15)19)18(12-22)14-5-7-16(23-2)8-6-14/h3-9,18,22H,11-12H2,1-2H3/t18-/m0/s1. The summed E-state index contributed by atoms with van der Waals surface area (Å²) < 4.78 is 19.1. The largest absolute Gasteiger partial charge is 0.497 e. The van der Waals surface area contributed by atoms with Crippen LogP contribution in [0.1, 0.15) is 22.7 Å². The van der Waals surface area contributed by atoms with E-state index in [0.29, 0.717) is 17.7 Å². The van der Waals surface area contributed by atoms with Crippen LogP contribution >= 0.6 is 0 Å². The Bertz CT molecular complexity index is 695. The van der Waals surface area contributed by atoms with Crippen molar-refractivity contribution in [3.63, 3.8) is 0 Å². The minimum Gasteiger partial charge on any atom is -0.497 e. The Morgan fingerprint density at radius 3 is 2.48 bits per heavy atom. The molecule has 2 aromatic carbocycles. The molecule has 5 heteroatoms. The molecule has 0 aromatic heterocycles. The topological polar surface area (TPSA) is 56.5 Å². The van der Waals surface area contributed by atoms with Gasteiger partial charge in [-0.15, -0.1) is 0 Å². The minimum absolute atomic E-state index is 0.0826. The Balaban J connectivity index is 2.16. The summed E-state index contributed by atoms with van der Waals surface area (Å²) >= 11 is 0. The molecule has 0 radical (unpaired) electrons. The summed E-state index contributed by atoms with van der Waals surface area (Å²) in [6, 6.07) is 13.5. The maximum atomic E-state index is 14.0. The molecule has 0 saturated heterocycles. The van der Waals surface area contributed by atoms with Crippen molar-refractivity contribution in [1.82, 2.24) is 4.90 Å². The van der Waals surface area contributed by atoms with E-state index in [9.17, 15) is 9.50 Å². The zero-order chi connectivity index (χ0) is 16.8. The molecule has 23 heavy (non-hydrogen) atoms. The number of aliphatic hydroxyl groups is 1. The van der Waals surface area contributed by atoms with Crippen molar-refractivity contribution in [2.75, 3.05) is 20.8 Å². The lowest BCUT2D eigenvalue weighted by atomic mass is 10.0. The van der Waals surface area contributed by atoms with Gasteiger partial charge in [0, 0.05) is 12.1 Å². The first-order valence-electron chi connectivity index (χ1n) is 7.22. The van der Waals surface area contributed by atoms with E-state index in [1.807, 2.05) is 42.3 Å². The molecule has 120 valence electrons. The molecule has 4 nitrogen and oxygen atoms in total. The second-order valence-corrected chi connectivity index (χ2v) is 5.30. The third-order valence-corrected chi connectivity index (χ3v) is 3.81. The van der Waals surface area contributed by atoms with Crippen molar-refractivity contribution in [2.24, 2.45) is 0 Å². The zero-order valence-electron chi connectivity index (χ0n) is 13.2. The van der Waals surface area contributed by atoms with Crippen LogP contribution in [0, 0.1) is 17.1 Å². The lowest BCUT2D eigenvalue weighted by molar-refractivity contribution is 0.141. The number of aliphatic hydroxyl groups excluding tert-OH is 1. The number of halogens is 1. The lowest BCUT2D eigenvalue weighted by Gasteiger charge is -2.27. The van der Waals surface area contributed by atoms with Crippen molar-refractivity contribution < 1.29 is 14.2 Å². The van der Waals surface area contributed by atoms with E-state index in [0.717, 1.165) is 11.3 Å². The first kappa shape index (κ1) is 16.9. The third kappa shape index (κ3) is 4.07. The van der Waals surface area contributed by atoms with E-state index in [4.69, 9.17) is 10.00 Å². The molecule has 0 saturated carbocycles. The number of nitrogens with zero attached hydrogens (tertiary/aromatic N) is 2. The molecule has 0 aliphatic heterocycles. The normalized spacial score (nSPS) is 12.0. The van der Waals surface area contributed by atoms with Crippen molar-refractivity contribution in [3.8, 4) is 11.8 Å². The van der Waals surface area contributed by atoms with Crippen molar-refractivity contribution in [1.29, 1.82) is 5.26 Å². The first-order chi connectivity index (χ1) is 11.1. The van der Waals surface area contributed by atoms with Gasteiger partial charge in [-0.1, -0.05) is 18.2 Å². The van der Waals surface area contributed by atoms with Crippen LogP contribution in [0.25, 0.3) is 0 Å². The van der Waals surface area contributed by atoms with Crippen LogP contribution in [0.3, 0.4) is 0 Å². The Kier molecular flexibility index (Phi) is 5.69. The van der Waals surface area contributed by atoms with Gasteiger partial charge in [-0.05, 0) is 36.9 Å². The average molecular weight is 314 g/mol. The molecule has 0 aliphatic rings. The Hall–Kier alpha value is -2.42. The van der Waals surface area contributed by atoms with Crippen LogP contribution in [0.15, 0.2) is 42.5 Å². The molecule has 2 rings (SSSR count). The van der Waals surface area contributed by atoms with Gasteiger partial charge < -0.3 is 9.84 Å². The fraction of sp³-hybridized carbons (Fsp3) is 0.278. The number of likely N-dealkylation sites (N-methyl/N-ethyl adjacent to an activating group) is 1. The predicted molar refractivity (Wildman–Crippen MR) is 85.4 cm³/mol. The monoisotopic (exact) mass is 314 g/mol. The van der Waals surface area contributed by atoms with E-state index in [1.165, 1.54) is 6.07 Å². The molecule has 0 fully saturated rings. The third-order valence-electron chi connectivity index (χ3n) is 3.81. The second-order valence-electron chi connectivity index (χ2n) is 5.30. The number of ether oxygens (including phenoxy) is 1. The molecule has 2 aromatic rings. The van der Waals surface area contributed by atoms with Crippen LogP contribution in [-0.4, -0.2) is 30.8 Å². The van der Waals surface area contributed by atoms with Gasteiger partial charge in [0.05, 0.1) is 31.4 Å². The van der Waals surface area contributed by atoms with Crippen molar-refractivity contribution in [3.05, 3.63) is 65.0 Å². The van der Waals surface area contributed by atoms with Gasteiger partial charge in [-0.3, -0.25) is 4.90 Å². The van der Waals surface area contributed by atoms with E-state index >= 15 is 0 Å². The molecular weight excluding hydrogens is 295 g/mol. The van der Waals surface area contributed by atoms with Gasteiger partial charge >= 0.3 is 0 Å². The zero-order valence-corrected chi connectivity index (χ0v) is 13.2. The predicted octanol–water partition coefficient (Wildman–Crippen LogP) is 2.87. The SMILES string of the molecule is COc1ccc([C@H](CO)N(C)Cc2ccc(C#N)cc2F)cc1. The van der Waals surface area contributed by atoms with Gasteiger partial charge in [0.25, 0.3) is 0 Å². The molecule has 0 spiro atoms. The first-order valence-corrected chi connectivity index (χ1v) is 7.22. The van der Waals surface area contributed by atoms with Gasteiger partial charge in [-0.2, -0.15) is 5.26 Å². The smallest absolute Gasteiger partial charge is 0.129 e. The van der Waals surface area contributed by atoms with E-state index < -0.39 is 5.82 Å². The highest BCUT2D eigenvalue weighted by molar-refractivity contribution is 5.33. The Morgan fingerprint density at radius 1 is 1.26 bits per heavy atom.